The highest BCUT2D eigenvalue weighted by Gasteiger charge is 2.06. The Balaban J connectivity index is -0.000000375. The van der Waals surface area contributed by atoms with Crippen molar-refractivity contribution in [3.63, 3.8) is 0 Å². The molecule has 0 aliphatic carbocycles. The van der Waals surface area contributed by atoms with Crippen molar-refractivity contribution < 1.29 is 0 Å². The minimum atomic E-state index is 0.749. The number of aryl methyl sites for hydroxylation is 2. The van der Waals surface area contributed by atoms with Crippen LogP contribution in [0.3, 0.4) is 0 Å². The largest absolute Gasteiger partial charge is 0.0683 e. The lowest BCUT2D eigenvalue weighted by Crippen LogP contribution is -1.96. The van der Waals surface area contributed by atoms with Crippen LogP contribution >= 0.6 is 0 Å². The molecule has 0 bridgehead atoms. The van der Waals surface area contributed by atoms with E-state index in [0.29, 0.717) is 0 Å². The average molecular weight is 267 g/mol. The van der Waals surface area contributed by atoms with E-state index in [2.05, 4.69) is 45.9 Å². The molecule has 0 nitrogen and oxygen atoms in total. The quantitative estimate of drug-likeness (QED) is 0.539. The van der Waals surface area contributed by atoms with Crippen molar-refractivity contribution in [2.75, 3.05) is 0 Å². The summed E-state index contributed by atoms with van der Waals surface area (Å²) in [5.41, 5.74) is 4.30. The molecule has 0 spiro atoms. The van der Waals surface area contributed by atoms with Crippen LogP contribution in [0.4, 0.5) is 0 Å². The number of rotatable bonds is 3. The molecular weight excluding hydrogens is 228 g/mol. The van der Waals surface area contributed by atoms with Crippen LogP contribution in [-0.4, -0.2) is 0 Å². The molecule has 0 heterocycles. The van der Waals surface area contributed by atoms with Crippen molar-refractivity contribution in [1.29, 1.82) is 0 Å². The lowest BCUT2D eigenvalue weighted by molar-refractivity contribution is 0.641. The first-order valence-electron chi connectivity index (χ1n) is 8.25. The van der Waals surface area contributed by atoms with Gasteiger partial charge in [-0.1, -0.05) is 84.7 Å². The summed E-state index contributed by atoms with van der Waals surface area (Å²) in [6, 6.07) is 6.89. The summed E-state index contributed by atoms with van der Waals surface area (Å²) in [6.45, 7) is 20.9. The summed E-state index contributed by atoms with van der Waals surface area (Å²) < 4.78 is 0. The molecule has 0 heteroatoms. The minimum absolute atomic E-state index is 0.749. The van der Waals surface area contributed by atoms with Gasteiger partial charge in [0, 0.05) is 0 Å². The van der Waals surface area contributed by atoms with E-state index >= 15 is 0 Å². The second kappa shape index (κ2) is 17.2. The molecule has 0 unspecified atom stereocenters. The summed E-state index contributed by atoms with van der Waals surface area (Å²) >= 11 is 0. The van der Waals surface area contributed by atoms with Gasteiger partial charge in [0.25, 0.3) is 0 Å². The van der Waals surface area contributed by atoms with E-state index in [9.17, 15) is 0 Å². The third kappa shape index (κ3) is 10.8. The van der Waals surface area contributed by atoms with Gasteiger partial charge < -0.3 is 0 Å². The zero-order valence-corrected chi connectivity index (χ0v) is 15.2. The fourth-order valence-electron chi connectivity index (χ4n) is 2.01. The standard InChI is InChI=1S/C13H20.3C2H6/c1-5-12(6-2)13-8-10(3)7-11(4)9-13;3*1-2/h7-9,12H,5-6H2,1-4H3;3*1-2H3. The first-order chi connectivity index (χ1) is 9.17. The van der Waals surface area contributed by atoms with Crippen molar-refractivity contribution >= 4 is 0 Å². The van der Waals surface area contributed by atoms with E-state index in [4.69, 9.17) is 0 Å². The lowest BCUT2D eigenvalue weighted by Gasteiger charge is -2.14. The molecular formula is C19H38. The van der Waals surface area contributed by atoms with Crippen molar-refractivity contribution in [2.45, 2.75) is 88.0 Å². The normalized spacial score (nSPS) is 8.37. The minimum Gasteiger partial charge on any atom is -0.0683 e. The van der Waals surface area contributed by atoms with Crippen molar-refractivity contribution in [3.05, 3.63) is 34.9 Å². The van der Waals surface area contributed by atoms with Gasteiger partial charge in [-0.3, -0.25) is 0 Å². The van der Waals surface area contributed by atoms with Gasteiger partial charge in [0.2, 0.25) is 0 Å². The zero-order valence-electron chi connectivity index (χ0n) is 15.2. The first-order valence-corrected chi connectivity index (χ1v) is 8.25. The SMILES string of the molecule is CC.CC.CC.CCC(CC)c1cc(C)cc(C)c1. The molecule has 0 aromatic heterocycles. The fraction of sp³-hybridized carbons (Fsp3) is 0.684. The van der Waals surface area contributed by atoms with Gasteiger partial charge in [0.1, 0.15) is 0 Å². The molecule has 0 aliphatic rings. The Morgan fingerprint density at radius 3 is 1.26 bits per heavy atom. The molecule has 1 rings (SSSR count). The predicted octanol–water partition coefficient (Wildman–Crippen LogP) is 7.29. The molecule has 0 saturated heterocycles. The van der Waals surface area contributed by atoms with Crippen LogP contribution in [0.25, 0.3) is 0 Å². The Kier molecular flexibility index (Phi) is 21.1. The van der Waals surface area contributed by atoms with Gasteiger partial charge in [-0.25, -0.2) is 0 Å². The highest BCUT2D eigenvalue weighted by atomic mass is 14.1. The molecule has 1 aromatic carbocycles. The van der Waals surface area contributed by atoms with Crippen molar-refractivity contribution in [3.8, 4) is 0 Å². The lowest BCUT2D eigenvalue weighted by atomic mass is 9.91. The smallest absolute Gasteiger partial charge is 0.0167 e. The fourth-order valence-corrected chi connectivity index (χ4v) is 2.01. The highest BCUT2D eigenvalue weighted by molar-refractivity contribution is 5.30. The Labute approximate surface area is 123 Å². The Hall–Kier alpha value is -0.780. The monoisotopic (exact) mass is 266 g/mol. The summed E-state index contributed by atoms with van der Waals surface area (Å²) in [5.74, 6) is 0.749. The van der Waals surface area contributed by atoms with Gasteiger partial charge in [-0.15, -0.1) is 0 Å². The summed E-state index contributed by atoms with van der Waals surface area (Å²) in [6.07, 6.45) is 2.50. The molecule has 0 aliphatic heterocycles. The maximum atomic E-state index is 2.32. The zero-order chi connectivity index (χ0) is 15.8. The Morgan fingerprint density at radius 2 is 1.00 bits per heavy atom. The summed E-state index contributed by atoms with van der Waals surface area (Å²) in [4.78, 5) is 0. The third-order valence-electron chi connectivity index (χ3n) is 2.70. The van der Waals surface area contributed by atoms with E-state index in [1.807, 2.05) is 41.5 Å². The second-order valence-corrected chi connectivity index (χ2v) is 3.93. The van der Waals surface area contributed by atoms with E-state index in [0.717, 1.165) is 5.92 Å². The molecule has 0 atom stereocenters. The van der Waals surface area contributed by atoms with Crippen LogP contribution in [0.2, 0.25) is 0 Å². The van der Waals surface area contributed by atoms with Crippen LogP contribution in [0.1, 0.15) is 90.8 Å². The second-order valence-electron chi connectivity index (χ2n) is 3.93. The molecule has 0 amide bonds. The first kappa shape index (κ1) is 23.3. The van der Waals surface area contributed by atoms with Gasteiger partial charge in [-0.05, 0) is 38.2 Å². The van der Waals surface area contributed by atoms with E-state index in [1.54, 1.807) is 0 Å². The van der Waals surface area contributed by atoms with Gasteiger partial charge in [0.15, 0.2) is 0 Å². The molecule has 1 aromatic rings. The maximum absolute atomic E-state index is 2.32. The van der Waals surface area contributed by atoms with Crippen LogP contribution in [-0.2, 0) is 0 Å². The number of hydrogen-bond donors (Lipinski definition) is 0. The average Bonchev–Trinajstić information content (AvgIpc) is 2.46. The van der Waals surface area contributed by atoms with Crippen molar-refractivity contribution in [2.24, 2.45) is 0 Å². The summed E-state index contributed by atoms with van der Waals surface area (Å²) in [5, 5.41) is 0. The number of benzene rings is 1. The van der Waals surface area contributed by atoms with Gasteiger partial charge in [-0.2, -0.15) is 0 Å². The molecule has 0 radical (unpaired) electrons. The molecule has 19 heavy (non-hydrogen) atoms. The van der Waals surface area contributed by atoms with Gasteiger partial charge >= 0.3 is 0 Å². The van der Waals surface area contributed by atoms with Gasteiger partial charge in [0.05, 0.1) is 0 Å². The van der Waals surface area contributed by atoms with Crippen LogP contribution in [0.5, 0.6) is 0 Å². The maximum Gasteiger partial charge on any atom is -0.0167 e. The molecule has 0 N–H and O–H groups in total. The van der Waals surface area contributed by atoms with E-state index < -0.39 is 0 Å². The van der Waals surface area contributed by atoms with Crippen LogP contribution < -0.4 is 0 Å². The van der Waals surface area contributed by atoms with Crippen molar-refractivity contribution in [1.82, 2.24) is 0 Å². The van der Waals surface area contributed by atoms with E-state index in [1.165, 1.54) is 29.5 Å². The van der Waals surface area contributed by atoms with Crippen LogP contribution in [0.15, 0.2) is 18.2 Å². The Morgan fingerprint density at radius 1 is 0.684 bits per heavy atom. The number of hydrogen-bond acceptors (Lipinski definition) is 0. The molecule has 0 saturated carbocycles. The van der Waals surface area contributed by atoms with E-state index in [-0.39, 0.29) is 0 Å². The highest BCUT2D eigenvalue weighted by Crippen LogP contribution is 2.24. The Bertz CT molecular complexity index is 249. The molecule has 0 fully saturated rings. The molecule has 114 valence electrons. The topological polar surface area (TPSA) is 0 Å². The van der Waals surface area contributed by atoms with Crippen LogP contribution in [0, 0.1) is 13.8 Å². The third-order valence-corrected chi connectivity index (χ3v) is 2.70. The summed E-state index contributed by atoms with van der Waals surface area (Å²) in [7, 11) is 0. The predicted molar refractivity (Wildman–Crippen MR) is 93.3 cm³/mol.